The van der Waals surface area contributed by atoms with Gasteiger partial charge in [-0.3, -0.25) is 9.00 Å². The van der Waals surface area contributed by atoms with Crippen molar-refractivity contribution in [3.63, 3.8) is 0 Å². The Balaban J connectivity index is 1.51. The molecule has 1 aliphatic heterocycles. The van der Waals surface area contributed by atoms with Crippen LogP contribution in [0.15, 0.2) is 48.5 Å². The van der Waals surface area contributed by atoms with Gasteiger partial charge in [0.1, 0.15) is 5.75 Å². The van der Waals surface area contributed by atoms with Crippen LogP contribution < -0.4 is 10.1 Å². The summed E-state index contributed by atoms with van der Waals surface area (Å²) < 4.78 is 23.3. The van der Waals surface area contributed by atoms with E-state index in [0.29, 0.717) is 35.4 Å². The molecule has 5 nitrogen and oxygen atoms in total. The number of halogens is 1. The van der Waals surface area contributed by atoms with Crippen molar-refractivity contribution < 1.29 is 18.5 Å². The summed E-state index contributed by atoms with van der Waals surface area (Å²) in [7, 11) is -0.937. The van der Waals surface area contributed by atoms with Gasteiger partial charge in [0.2, 0.25) is 0 Å². The van der Waals surface area contributed by atoms with Gasteiger partial charge in [-0.05, 0) is 54.8 Å². The van der Waals surface area contributed by atoms with Gasteiger partial charge in [-0.25, -0.2) is 0 Å². The van der Waals surface area contributed by atoms with Crippen LogP contribution in [0, 0.1) is 0 Å². The summed E-state index contributed by atoms with van der Waals surface area (Å²) in [5.41, 5.74) is 1.61. The largest absolute Gasteiger partial charge is 0.484 e. The third-order valence-electron chi connectivity index (χ3n) is 4.24. The van der Waals surface area contributed by atoms with E-state index in [2.05, 4.69) is 5.32 Å². The van der Waals surface area contributed by atoms with Crippen LogP contribution in [0.3, 0.4) is 0 Å². The first-order valence-electron chi connectivity index (χ1n) is 8.82. The smallest absolute Gasteiger partial charge is 0.262 e. The van der Waals surface area contributed by atoms with Gasteiger partial charge in [-0.2, -0.15) is 0 Å². The Labute approximate surface area is 166 Å². The third kappa shape index (κ3) is 6.34. The lowest BCUT2D eigenvalue weighted by molar-refractivity contribution is -0.118. The first-order valence-corrected chi connectivity index (χ1v) is 10.6. The van der Waals surface area contributed by atoms with Crippen LogP contribution in [-0.4, -0.2) is 35.2 Å². The number of ether oxygens (including phenoxy) is 2. The van der Waals surface area contributed by atoms with Crippen LogP contribution in [0.5, 0.6) is 5.75 Å². The van der Waals surface area contributed by atoms with Crippen molar-refractivity contribution in [2.24, 2.45) is 0 Å². The van der Waals surface area contributed by atoms with Crippen LogP contribution >= 0.6 is 11.6 Å². The minimum absolute atomic E-state index is 0.0974. The molecule has 2 aromatic carbocycles. The molecule has 0 spiro atoms. The molecule has 1 N–H and O–H groups in total. The number of benzene rings is 2. The first kappa shape index (κ1) is 19.9. The van der Waals surface area contributed by atoms with E-state index >= 15 is 0 Å². The second-order valence-corrected chi connectivity index (χ2v) is 8.48. The molecule has 0 aliphatic carbocycles. The Morgan fingerprint density at radius 3 is 2.67 bits per heavy atom. The summed E-state index contributed by atoms with van der Waals surface area (Å²) in [5.74, 6) is 0.804. The molecule has 1 unspecified atom stereocenters. The van der Waals surface area contributed by atoms with Gasteiger partial charge < -0.3 is 14.8 Å². The van der Waals surface area contributed by atoms with Crippen LogP contribution in [0.1, 0.15) is 18.4 Å². The van der Waals surface area contributed by atoms with Crippen LogP contribution in [-0.2, 0) is 26.1 Å². The Morgan fingerprint density at radius 2 is 1.93 bits per heavy atom. The van der Waals surface area contributed by atoms with Crippen LogP contribution in [0.25, 0.3) is 0 Å². The normalized spacial score (nSPS) is 15.9. The maximum absolute atomic E-state index is 12.5. The van der Waals surface area contributed by atoms with Gasteiger partial charge in [-0.15, -0.1) is 0 Å². The highest BCUT2D eigenvalue weighted by Crippen LogP contribution is 2.19. The molecule has 27 heavy (non-hydrogen) atoms. The lowest BCUT2D eigenvalue weighted by atomic mass is 10.2. The second-order valence-electron chi connectivity index (χ2n) is 6.33. The molecule has 0 aromatic heterocycles. The quantitative estimate of drug-likeness (QED) is 0.758. The van der Waals surface area contributed by atoms with E-state index < -0.39 is 10.8 Å². The molecular formula is C20H22ClNO4S. The van der Waals surface area contributed by atoms with Crippen LogP contribution in [0.4, 0.5) is 5.69 Å². The number of carbonyl (C=O) groups excluding carboxylic acids is 1. The molecular weight excluding hydrogens is 386 g/mol. The van der Waals surface area contributed by atoms with Gasteiger partial charge in [0, 0.05) is 45.7 Å². The topological polar surface area (TPSA) is 64.6 Å². The lowest BCUT2D eigenvalue weighted by Gasteiger charge is -2.21. The van der Waals surface area contributed by atoms with E-state index in [0.717, 1.165) is 18.4 Å². The zero-order chi connectivity index (χ0) is 19.1. The summed E-state index contributed by atoms with van der Waals surface area (Å²) >= 11 is 5.82. The minimum atomic E-state index is -0.937. The zero-order valence-corrected chi connectivity index (χ0v) is 16.4. The number of carbonyl (C=O) groups is 1. The fraction of sp³-hybridized carbons (Fsp3) is 0.350. The van der Waals surface area contributed by atoms with Crippen molar-refractivity contribution in [1.82, 2.24) is 0 Å². The molecule has 1 heterocycles. The van der Waals surface area contributed by atoms with E-state index in [1.165, 1.54) is 0 Å². The van der Waals surface area contributed by atoms with Gasteiger partial charge in [0.25, 0.3) is 5.91 Å². The average Bonchev–Trinajstić information content (AvgIpc) is 2.68. The number of anilines is 1. The maximum atomic E-state index is 12.5. The summed E-state index contributed by atoms with van der Waals surface area (Å²) in [5, 5.41) is 3.61. The third-order valence-corrected chi connectivity index (χ3v) is 6.33. The van der Waals surface area contributed by atoms with E-state index in [9.17, 15) is 9.00 Å². The molecule has 0 saturated carbocycles. The fourth-order valence-corrected chi connectivity index (χ4v) is 4.42. The highest BCUT2D eigenvalue weighted by atomic mass is 35.5. The summed E-state index contributed by atoms with van der Waals surface area (Å²) in [6, 6.07) is 14.3. The lowest BCUT2D eigenvalue weighted by Crippen LogP contribution is -2.25. The fourth-order valence-electron chi connectivity index (χ4n) is 2.84. The second kappa shape index (κ2) is 9.88. The summed E-state index contributed by atoms with van der Waals surface area (Å²) in [4.78, 5) is 12.1. The molecule has 0 radical (unpaired) electrons. The Kier molecular flexibility index (Phi) is 7.26. The Bertz CT molecular complexity index is 791. The summed E-state index contributed by atoms with van der Waals surface area (Å²) in [6.45, 7) is 1.26. The maximum Gasteiger partial charge on any atom is 0.262 e. The predicted molar refractivity (Wildman–Crippen MR) is 108 cm³/mol. The van der Waals surface area contributed by atoms with Crippen LogP contribution in [0.2, 0.25) is 5.02 Å². The number of rotatable bonds is 7. The van der Waals surface area contributed by atoms with E-state index in [1.807, 2.05) is 18.2 Å². The van der Waals surface area contributed by atoms with Gasteiger partial charge in [0.15, 0.2) is 6.61 Å². The first-order chi connectivity index (χ1) is 13.1. The molecule has 1 amide bonds. The Hall–Kier alpha value is -1.89. The van der Waals surface area contributed by atoms with Crippen molar-refractivity contribution in [2.45, 2.75) is 23.8 Å². The molecule has 3 rings (SSSR count). The summed E-state index contributed by atoms with van der Waals surface area (Å²) in [6.07, 6.45) is 1.68. The Morgan fingerprint density at radius 1 is 1.19 bits per heavy atom. The van der Waals surface area contributed by atoms with E-state index in [1.54, 1.807) is 30.3 Å². The highest BCUT2D eigenvalue weighted by molar-refractivity contribution is 7.84. The van der Waals surface area contributed by atoms with Crippen molar-refractivity contribution in [1.29, 1.82) is 0 Å². The van der Waals surface area contributed by atoms with Crippen molar-refractivity contribution in [3.8, 4) is 5.75 Å². The molecule has 1 saturated heterocycles. The molecule has 0 bridgehead atoms. The number of hydrogen-bond acceptors (Lipinski definition) is 4. The zero-order valence-electron chi connectivity index (χ0n) is 14.9. The van der Waals surface area contributed by atoms with Crippen molar-refractivity contribution >= 4 is 34.0 Å². The van der Waals surface area contributed by atoms with Gasteiger partial charge in [0.05, 0.1) is 0 Å². The number of hydrogen-bond donors (Lipinski definition) is 1. The van der Waals surface area contributed by atoms with Crippen molar-refractivity contribution in [3.05, 3.63) is 59.1 Å². The molecule has 2 aromatic rings. The molecule has 1 aliphatic rings. The number of amides is 1. The van der Waals surface area contributed by atoms with E-state index in [4.69, 9.17) is 21.1 Å². The standard InChI is InChI=1S/C20H22ClNO4S/c21-16-4-6-18(7-5-16)26-13-20(23)22-17-3-1-2-15(12-17)14-27(24)19-8-10-25-11-9-19/h1-7,12,19H,8-11,13-14H2,(H,22,23). The van der Waals surface area contributed by atoms with Gasteiger partial charge in [-0.1, -0.05) is 23.7 Å². The minimum Gasteiger partial charge on any atom is -0.484 e. The average molecular weight is 408 g/mol. The van der Waals surface area contributed by atoms with Gasteiger partial charge >= 0.3 is 0 Å². The van der Waals surface area contributed by atoms with E-state index in [-0.39, 0.29) is 17.8 Å². The monoisotopic (exact) mass is 407 g/mol. The molecule has 1 atom stereocenters. The molecule has 7 heteroatoms. The number of nitrogens with one attached hydrogen (secondary N) is 1. The highest BCUT2D eigenvalue weighted by Gasteiger charge is 2.20. The van der Waals surface area contributed by atoms with Crippen molar-refractivity contribution in [2.75, 3.05) is 25.1 Å². The molecule has 144 valence electrons. The molecule has 1 fully saturated rings. The SMILES string of the molecule is O=C(COc1ccc(Cl)cc1)Nc1cccc(CS(=O)C2CCOCC2)c1. The predicted octanol–water partition coefficient (Wildman–Crippen LogP) is 3.79.